The van der Waals surface area contributed by atoms with E-state index < -0.39 is 17.7 Å². The number of nitrogens with one attached hydrogen (secondary N) is 1. The van der Waals surface area contributed by atoms with E-state index in [4.69, 9.17) is 0 Å². The molecule has 1 rings (SSSR count). The van der Waals surface area contributed by atoms with Crippen molar-refractivity contribution in [2.75, 3.05) is 18.4 Å². The van der Waals surface area contributed by atoms with Gasteiger partial charge in [-0.1, -0.05) is 6.07 Å². The average molecular weight is 256 g/mol. The number of halogens is 2. The summed E-state index contributed by atoms with van der Waals surface area (Å²) in [5.41, 5.74) is -0.259. The molecule has 0 aliphatic heterocycles. The lowest BCUT2D eigenvalue weighted by atomic mass is 10.2. The lowest BCUT2D eigenvalue weighted by Gasteiger charge is -2.24. The van der Waals surface area contributed by atoms with Crippen molar-refractivity contribution in [2.24, 2.45) is 0 Å². The highest BCUT2D eigenvalue weighted by Crippen LogP contribution is 2.19. The molecule has 0 aliphatic rings. The van der Waals surface area contributed by atoms with E-state index in [-0.39, 0.29) is 11.6 Å². The zero-order valence-corrected chi connectivity index (χ0v) is 10.8. The van der Waals surface area contributed by atoms with E-state index in [0.29, 0.717) is 13.1 Å². The molecule has 0 aliphatic carbocycles. The van der Waals surface area contributed by atoms with Gasteiger partial charge in [-0.05, 0) is 32.9 Å². The molecular weight excluding hydrogens is 238 g/mol. The number of carbonyl (C=O) groups excluding carboxylic acids is 1. The molecule has 3 nitrogen and oxygen atoms in total. The smallest absolute Gasteiger partial charge is 0.244 e. The molecule has 0 fully saturated rings. The van der Waals surface area contributed by atoms with Crippen LogP contribution in [0.2, 0.25) is 0 Å². The molecule has 1 aromatic carbocycles. The van der Waals surface area contributed by atoms with Crippen LogP contribution >= 0.6 is 0 Å². The number of hydrogen-bond acceptors (Lipinski definition) is 2. The number of carbonyl (C=O) groups is 1. The van der Waals surface area contributed by atoms with Crippen LogP contribution < -0.4 is 5.32 Å². The van der Waals surface area contributed by atoms with Crippen LogP contribution in [0.5, 0.6) is 0 Å². The first kappa shape index (κ1) is 14.4. The average Bonchev–Trinajstić information content (AvgIpc) is 2.35. The Morgan fingerprint density at radius 1 is 1.28 bits per heavy atom. The van der Waals surface area contributed by atoms with Crippen LogP contribution in [-0.4, -0.2) is 29.9 Å². The van der Waals surface area contributed by atoms with Crippen molar-refractivity contribution < 1.29 is 13.6 Å². The lowest BCUT2D eigenvalue weighted by Crippen LogP contribution is -2.41. The molecule has 0 radical (unpaired) electrons. The fourth-order valence-corrected chi connectivity index (χ4v) is 1.72. The maximum Gasteiger partial charge on any atom is 0.244 e. The highest BCUT2D eigenvalue weighted by Gasteiger charge is 2.20. The van der Waals surface area contributed by atoms with Crippen LogP contribution in [0, 0.1) is 11.6 Å². The number of amides is 1. The highest BCUT2D eigenvalue weighted by atomic mass is 19.1. The third-order valence-electron chi connectivity index (χ3n) is 2.77. The van der Waals surface area contributed by atoms with Gasteiger partial charge in [-0.2, -0.15) is 0 Å². The maximum atomic E-state index is 13.4. The van der Waals surface area contributed by atoms with E-state index >= 15 is 0 Å². The summed E-state index contributed by atoms with van der Waals surface area (Å²) in [6.45, 7) is 6.45. The molecule has 1 N–H and O–H groups in total. The molecule has 1 amide bonds. The molecule has 0 aromatic heterocycles. The summed E-state index contributed by atoms with van der Waals surface area (Å²) in [5, 5.41) is 2.59. The minimum absolute atomic E-state index is 0.178. The summed E-state index contributed by atoms with van der Waals surface area (Å²) in [4.78, 5) is 13.6. The fraction of sp³-hybridized carbons (Fsp3) is 0.462. The second kappa shape index (κ2) is 6.33. The molecule has 18 heavy (non-hydrogen) atoms. The van der Waals surface area contributed by atoms with Crippen LogP contribution in [-0.2, 0) is 4.79 Å². The number of likely N-dealkylation sites (N-methyl/N-ethyl adjacent to an activating group) is 1. The van der Waals surface area contributed by atoms with Crippen LogP contribution in [0.15, 0.2) is 18.2 Å². The van der Waals surface area contributed by atoms with Gasteiger partial charge in [-0.3, -0.25) is 4.79 Å². The third kappa shape index (κ3) is 3.18. The molecule has 0 heterocycles. The molecule has 0 saturated carbocycles. The number of rotatable bonds is 5. The fourth-order valence-electron chi connectivity index (χ4n) is 1.72. The lowest BCUT2D eigenvalue weighted by molar-refractivity contribution is -0.131. The van der Waals surface area contributed by atoms with E-state index in [2.05, 4.69) is 5.32 Å². The van der Waals surface area contributed by atoms with Gasteiger partial charge in [-0.15, -0.1) is 0 Å². The van der Waals surface area contributed by atoms with Gasteiger partial charge in [0.1, 0.15) is 23.4 Å². The zero-order chi connectivity index (χ0) is 13.7. The van der Waals surface area contributed by atoms with Crippen molar-refractivity contribution >= 4 is 11.6 Å². The topological polar surface area (TPSA) is 32.3 Å². The highest BCUT2D eigenvalue weighted by molar-refractivity contribution is 5.84. The Morgan fingerprint density at radius 2 is 1.78 bits per heavy atom. The summed E-state index contributed by atoms with van der Waals surface area (Å²) in [6, 6.07) is 2.92. The van der Waals surface area contributed by atoms with Crippen LogP contribution in [0.3, 0.4) is 0 Å². The van der Waals surface area contributed by atoms with Gasteiger partial charge in [0, 0.05) is 13.1 Å². The van der Waals surface area contributed by atoms with Crippen LogP contribution in [0.25, 0.3) is 0 Å². The van der Waals surface area contributed by atoms with E-state index in [1.54, 1.807) is 11.8 Å². The Bertz CT molecular complexity index is 399. The largest absolute Gasteiger partial charge is 0.369 e. The Labute approximate surface area is 106 Å². The molecule has 0 bridgehead atoms. The summed E-state index contributed by atoms with van der Waals surface area (Å²) >= 11 is 0. The predicted molar refractivity (Wildman–Crippen MR) is 67.4 cm³/mol. The summed E-state index contributed by atoms with van der Waals surface area (Å²) in [7, 11) is 0. The van der Waals surface area contributed by atoms with Crippen molar-refractivity contribution in [2.45, 2.75) is 26.8 Å². The van der Waals surface area contributed by atoms with E-state index in [1.807, 2.05) is 13.8 Å². The zero-order valence-electron chi connectivity index (χ0n) is 10.8. The first-order valence-electron chi connectivity index (χ1n) is 6.00. The monoisotopic (exact) mass is 256 g/mol. The standard InChI is InChI=1S/C13H18F2N2O/c1-4-17(5-2)13(18)9(3)16-12-10(14)7-6-8-11(12)15/h6-9,16H,4-5H2,1-3H3. The number of nitrogens with zero attached hydrogens (tertiary/aromatic N) is 1. The van der Waals surface area contributed by atoms with E-state index in [0.717, 1.165) is 12.1 Å². The number of hydrogen-bond donors (Lipinski definition) is 1. The van der Waals surface area contributed by atoms with Gasteiger partial charge >= 0.3 is 0 Å². The van der Waals surface area contributed by atoms with Gasteiger partial charge in [0.2, 0.25) is 5.91 Å². The molecule has 1 atom stereocenters. The second-order valence-corrected chi connectivity index (χ2v) is 3.97. The normalized spacial score (nSPS) is 12.1. The molecule has 0 saturated heterocycles. The minimum Gasteiger partial charge on any atom is -0.369 e. The van der Waals surface area contributed by atoms with Crippen molar-refractivity contribution in [3.8, 4) is 0 Å². The minimum atomic E-state index is -0.700. The van der Waals surface area contributed by atoms with Crippen molar-refractivity contribution in [1.82, 2.24) is 4.90 Å². The summed E-state index contributed by atoms with van der Waals surface area (Å²) in [6.07, 6.45) is 0. The quantitative estimate of drug-likeness (QED) is 0.878. The summed E-state index contributed by atoms with van der Waals surface area (Å²) < 4.78 is 26.8. The SMILES string of the molecule is CCN(CC)C(=O)C(C)Nc1c(F)cccc1F. The maximum absolute atomic E-state index is 13.4. The Kier molecular flexibility index (Phi) is 5.07. The summed E-state index contributed by atoms with van der Waals surface area (Å²) in [5.74, 6) is -1.58. The van der Waals surface area contributed by atoms with Gasteiger partial charge in [0.25, 0.3) is 0 Å². The van der Waals surface area contributed by atoms with Crippen LogP contribution in [0.4, 0.5) is 14.5 Å². The van der Waals surface area contributed by atoms with Crippen molar-refractivity contribution in [1.29, 1.82) is 0 Å². The second-order valence-electron chi connectivity index (χ2n) is 3.97. The van der Waals surface area contributed by atoms with Gasteiger partial charge < -0.3 is 10.2 Å². The Hall–Kier alpha value is -1.65. The van der Waals surface area contributed by atoms with Gasteiger partial charge in [0.15, 0.2) is 0 Å². The van der Waals surface area contributed by atoms with E-state index in [9.17, 15) is 13.6 Å². The predicted octanol–water partition coefficient (Wildman–Crippen LogP) is 2.63. The van der Waals surface area contributed by atoms with Crippen LogP contribution in [0.1, 0.15) is 20.8 Å². The van der Waals surface area contributed by atoms with Gasteiger partial charge in [-0.25, -0.2) is 8.78 Å². The Morgan fingerprint density at radius 3 is 2.22 bits per heavy atom. The Balaban J connectivity index is 2.81. The molecule has 1 aromatic rings. The molecule has 100 valence electrons. The number of para-hydroxylation sites is 1. The van der Waals surface area contributed by atoms with Crippen molar-refractivity contribution in [3.63, 3.8) is 0 Å². The number of anilines is 1. The van der Waals surface area contributed by atoms with E-state index in [1.165, 1.54) is 6.07 Å². The van der Waals surface area contributed by atoms with Crippen molar-refractivity contribution in [3.05, 3.63) is 29.8 Å². The molecule has 5 heteroatoms. The molecule has 0 spiro atoms. The molecule has 1 unspecified atom stereocenters. The third-order valence-corrected chi connectivity index (χ3v) is 2.77. The van der Waals surface area contributed by atoms with Gasteiger partial charge in [0.05, 0.1) is 0 Å². The molecular formula is C13H18F2N2O. The first-order valence-corrected chi connectivity index (χ1v) is 6.00. The first-order chi connectivity index (χ1) is 8.51. The number of benzene rings is 1.